The van der Waals surface area contributed by atoms with E-state index in [9.17, 15) is 9.59 Å². The fourth-order valence-electron chi connectivity index (χ4n) is 0.907. The number of aromatic nitrogens is 3. The first kappa shape index (κ1) is 12.4. The molecule has 0 atom stereocenters. The standard InChI is InChI=1S/C6H5N3.C4H4O4/c1-2-6-7-4-5-9(6)8-3-1;5-3(6)1-2-4(7)8/h1-5H;1-2H,(H,5,6)(H,7,8)/b;2-1+. The van der Waals surface area contributed by atoms with Crippen LogP contribution in [-0.4, -0.2) is 36.7 Å². The number of aliphatic carboxylic acids is 2. The number of carbonyl (C=O) groups is 2. The van der Waals surface area contributed by atoms with E-state index < -0.39 is 11.9 Å². The van der Waals surface area contributed by atoms with Crippen LogP contribution in [0.1, 0.15) is 0 Å². The Kier molecular flexibility index (Phi) is 4.37. The Morgan fingerprint density at radius 3 is 2.35 bits per heavy atom. The van der Waals surface area contributed by atoms with Gasteiger partial charge in [0.25, 0.3) is 0 Å². The summed E-state index contributed by atoms with van der Waals surface area (Å²) in [7, 11) is 0. The molecule has 2 N–H and O–H groups in total. The van der Waals surface area contributed by atoms with Crippen LogP contribution < -0.4 is 0 Å². The van der Waals surface area contributed by atoms with Gasteiger partial charge in [-0.25, -0.2) is 19.1 Å². The molecule has 17 heavy (non-hydrogen) atoms. The average Bonchev–Trinajstić information content (AvgIpc) is 2.75. The van der Waals surface area contributed by atoms with Crippen molar-refractivity contribution in [2.24, 2.45) is 0 Å². The third-order valence-corrected chi connectivity index (χ3v) is 1.54. The van der Waals surface area contributed by atoms with Crippen molar-refractivity contribution in [2.75, 3.05) is 0 Å². The average molecular weight is 235 g/mol. The lowest BCUT2D eigenvalue weighted by Crippen LogP contribution is -1.91. The van der Waals surface area contributed by atoms with E-state index in [2.05, 4.69) is 10.1 Å². The molecular weight excluding hydrogens is 226 g/mol. The van der Waals surface area contributed by atoms with Crippen molar-refractivity contribution < 1.29 is 19.8 Å². The Hall–Kier alpha value is -2.70. The first-order valence-electron chi connectivity index (χ1n) is 4.48. The number of nitrogens with zero attached hydrogens (tertiary/aromatic N) is 3. The lowest BCUT2D eigenvalue weighted by atomic mass is 10.5. The van der Waals surface area contributed by atoms with Gasteiger partial charge in [0.05, 0.1) is 0 Å². The molecule has 0 unspecified atom stereocenters. The van der Waals surface area contributed by atoms with E-state index in [1.807, 2.05) is 18.3 Å². The Morgan fingerprint density at radius 1 is 1.18 bits per heavy atom. The Morgan fingerprint density at radius 2 is 1.82 bits per heavy atom. The van der Waals surface area contributed by atoms with E-state index in [1.54, 1.807) is 16.9 Å². The van der Waals surface area contributed by atoms with Gasteiger partial charge in [-0.3, -0.25) is 0 Å². The van der Waals surface area contributed by atoms with Gasteiger partial charge in [-0.05, 0) is 12.1 Å². The van der Waals surface area contributed by atoms with Crippen molar-refractivity contribution in [2.45, 2.75) is 0 Å². The first-order valence-corrected chi connectivity index (χ1v) is 4.48. The highest BCUT2D eigenvalue weighted by molar-refractivity contribution is 5.89. The second kappa shape index (κ2) is 6.01. The van der Waals surface area contributed by atoms with E-state index >= 15 is 0 Å². The first-order chi connectivity index (χ1) is 8.09. The van der Waals surface area contributed by atoms with Gasteiger partial charge in [0.2, 0.25) is 0 Å². The van der Waals surface area contributed by atoms with E-state index in [0.29, 0.717) is 12.2 Å². The highest BCUT2D eigenvalue weighted by Gasteiger charge is 1.88. The molecule has 0 aliphatic rings. The molecule has 0 fully saturated rings. The van der Waals surface area contributed by atoms with E-state index in [1.165, 1.54) is 0 Å². The third kappa shape index (κ3) is 4.56. The van der Waals surface area contributed by atoms with Crippen molar-refractivity contribution in [1.29, 1.82) is 0 Å². The number of imidazole rings is 1. The summed E-state index contributed by atoms with van der Waals surface area (Å²) in [5.41, 5.74) is 0.887. The van der Waals surface area contributed by atoms with Crippen LogP contribution in [0, 0.1) is 0 Å². The van der Waals surface area contributed by atoms with Crippen molar-refractivity contribution in [3.63, 3.8) is 0 Å². The molecule has 0 aromatic carbocycles. The van der Waals surface area contributed by atoms with Crippen LogP contribution in [0.3, 0.4) is 0 Å². The summed E-state index contributed by atoms with van der Waals surface area (Å²) in [4.78, 5) is 23.1. The predicted octanol–water partition coefficient (Wildman–Crippen LogP) is 0.441. The van der Waals surface area contributed by atoms with Crippen molar-refractivity contribution >= 4 is 17.6 Å². The molecule has 0 spiro atoms. The maximum atomic E-state index is 9.55. The van der Waals surface area contributed by atoms with Gasteiger partial charge in [-0.15, -0.1) is 0 Å². The fraction of sp³-hybridized carbons (Fsp3) is 0. The molecule has 0 bridgehead atoms. The van der Waals surface area contributed by atoms with Crippen LogP contribution in [0.4, 0.5) is 0 Å². The zero-order valence-corrected chi connectivity index (χ0v) is 8.59. The third-order valence-electron chi connectivity index (χ3n) is 1.54. The second-order valence-corrected chi connectivity index (χ2v) is 2.76. The molecule has 0 aliphatic carbocycles. The molecule has 0 saturated carbocycles. The molecule has 0 aliphatic heterocycles. The minimum atomic E-state index is -1.26. The summed E-state index contributed by atoms with van der Waals surface area (Å²) in [5.74, 6) is -2.51. The molecule has 88 valence electrons. The largest absolute Gasteiger partial charge is 0.478 e. The van der Waals surface area contributed by atoms with Crippen LogP contribution in [0.15, 0.2) is 42.9 Å². The molecule has 7 heteroatoms. The number of carboxylic acid groups (broad SMARTS) is 2. The van der Waals surface area contributed by atoms with Gasteiger partial charge in [0, 0.05) is 30.7 Å². The van der Waals surface area contributed by atoms with Crippen molar-refractivity contribution in [1.82, 2.24) is 14.6 Å². The normalized spacial score (nSPS) is 9.88. The highest BCUT2D eigenvalue weighted by Crippen LogP contribution is 1.93. The SMILES string of the molecule is O=C(O)/C=C/C(=O)O.c1cnn2ccnc2c1. The number of rotatable bonds is 2. The monoisotopic (exact) mass is 235 g/mol. The van der Waals surface area contributed by atoms with Crippen LogP contribution in [0.2, 0.25) is 0 Å². The summed E-state index contributed by atoms with van der Waals surface area (Å²) >= 11 is 0. The van der Waals surface area contributed by atoms with E-state index in [4.69, 9.17) is 10.2 Å². The van der Waals surface area contributed by atoms with Crippen molar-refractivity contribution in [3.05, 3.63) is 42.9 Å². The molecule has 0 saturated heterocycles. The maximum absolute atomic E-state index is 9.55. The van der Waals surface area contributed by atoms with Gasteiger partial charge in [0.1, 0.15) is 0 Å². The molecule has 2 heterocycles. The summed E-state index contributed by atoms with van der Waals surface area (Å²) in [6, 6.07) is 3.77. The quantitative estimate of drug-likeness (QED) is 0.732. The number of fused-ring (bicyclic) bond motifs is 1. The zero-order chi connectivity index (χ0) is 12.7. The molecular formula is C10H9N3O4. The fourth-order valence-corrected chi connectivity index (χ4v) is 0.907. The lowest BCUT2D eigenvalue weighted by molar-refractivity contribution is -0.134. The number of carboxylic acids is 2. The molecule has 2 rings (SSSR count). The summed E-state index contributed by atoms with van der Waals surface area (Å²) in [6.45, 7) is 0. The Labute approximate surface area is 95.6 Å². The summed E-state index contributed by atoms with van der Waals surface area (Å²) < 4.78 is 1.72. The Balaban J connectivity index is 0.000000172. The van der Waals surface area contributed by atoms with E-state index in [0.717, 1.165) is 5.65 Å². The topological polar surface area (TPSA) is 105 Å². The summed E-state index contributed by atoms with van der Waals surface area (Å²) in [5, 5.41) is 19.6. The smallest absolute Gasteiger partial charge is 0.328 e. The van der Waals surface area contributed by atoms with Crippen LogP contribution in [-0.2, 0) is 9.59 Å². The lowest BCUT2D eigenvalue weighted by Gasteiger charge is -1.85. The summed E-state index contributed by atoms with van der Waals surface area (Å²) in [6.07, 6.45) is 6.39. The highest BCUT2D eigenvalue weighted by atomic mass is 16.4. The van der Waals surface area contributed by atoms with Gasteiger partial charge < -0.3 is 10.2 Å². The zero-order valence-electron chi connectivity index (χ0n) is 8.59. The van der Waals surface area contributed by atoms with Crippen LogP contribution >= 0.6 is 0 Å². The van der Waals surface area contributed by atoms with Crippen molar-refractivity contribution in [3.8, 4) is 0 Å². The minimum absolute atomic E-state index is 0.558. The molecule has 0 radical (unpaired) electrons. The molecule has 2 aromatic heterocycles. The minimum Gasteiger partial charge on any atom is -0.478 e. The van der Waals surface area contributed by atoms with Gasteiger partial charge in [0.15, 0.2) is 5.65 Å². The number of hydrogen-bond donors (Lipinski definition) is 2. The van der Waals surface area contributed by atoms with Gasteiger partial charge in [-0.2, -0.15) is 5.10 Å². The van der Waals surface area contributed by atoms with Gasteiger partial charge >= 0.3 is 11.9 Å². The molecule has 7 nitrogen and oxygen atoms in total. The van der Waals surface area contributed by atoms with Crippen LogP contribution in [0.25, 0.3) is 5.65 Å². The molecule has 2 aromatic rings. The number of hydrogen-bond acceptors (Lipinski definition) is 4. The van der Waals surface area contributed by atoms with Gasteiger partial charge in [-0.1, -0.05) is 0 Å². The predicted molar refractivity (Wildman–Crippen MR) is 57.4 cm³/mol. The van der Waals surface area contributed by atoms with Crippen LogP contribution in [0.5, 0.6) is 0 Å². The Bertz CT molecular complexity index is 501. The second-order valence-electron chi connectivity index (χ2n) is 2.76. The molecule has 0 amide bonds. The van der Waals surface area contributed by atoms with E-state index in [-0.39, 0.29) is 0 Å². The maximum Gasteiger partial charge on any atom is 0.328 e.